The molecular weight excluding hydrogens is 204 g/mol. The Morgan fingerprint density at radius 2 is 2.00 bits per heavy atom. The number of benzene rings is 1. The quantitative estimate of drug-likeness (QED) is 0.718. The summed E-state index contributed by atoms with van der Waals surface area (Å²) >= 11 is 1.53. The number of rotatable bonds is 3. The third-order valence-corrected chi connectivity index (χ3v) is 3.30. The maximum absolute atomic E-state index is 11.8. The molecule has 0 saturated heterocycles. The molecule has 0 aliphatic carbocycles. The van der Waals surface area contributed by atoms with Crippen LogP contribution in [-0.2, 0) is 6.42 Å². The SMILES string of the molecule is Cc1csc(C(=O)Cc2ccccc2)c1. The van der Waals surface area contributed by atoms with Crippen molar-refractivity contribution in [2.24, 2.45) is 0 Å². The molecule has 0 saturated carbocycles. The zero-order chi connectivity index (χ0) is 10.7. The van der Waals surface area contributed by atoms with Crippen molar-refractivity contribution in [2.45, 2.75) is 13.3 Å². The van der Waals surface area contributed by atoms with E-state index in [1.54, 1.807) is 0 Å². The van der Waals surface area contributed by atoms with E-state index in [1.807, 2.05) is 48.7 Å². The number of hydrogen-bond donors (Lipinski definition) is 0. The van der Waals surface area contributed by atoms with Gasteiger partial charge in [0.25, 0.3) is 0 Å². The molecule has 15 heavy (non-hydrogen) atoms. The summed E-state index contributed by atoms with van der Waals surface area (Å²) in [5.74, 6) is 0.208. The number of aryl methyl sites for hydroxylation is 1. The van der Waals surface area contributed by atoms with E-state index in [4.69, 9.17) is 0 Å². The lowest BCUT2D eigenvalue weighted by Gasteiger charge is -1.97. The van der Waals surface area contributed by atoms with E-state index in [0.717, 1.165) is 16.0 Å². The molecule has 0 amide bonds. The Labute approximate surface area is 93.4 Å². The molecule has 0 aliphatic heterocycles. The predicted octanol–water partition coefficient (Wildman–Crippen LogP) is 3.48. The Kier molecular flexibility index (Phi) is 2.97. The van der Waals surface area contributed by atoms with Crippen LogP contribution in [0.3, 0.4) is 0 Å². The number of thiophene rings is 1. The zero-order valence-corrected chi connectivity index (χ0v) is 9.38. The van der Waals surface area contributed by atoms with Crippen LogP contribution >= 0.6 is 11.3 Å². The normalized spacial score (nSPS) is 10.2. The second-order valence-corrected chi connectivity index (χ2v) is 4.49. The van der Waals surface area contributed by atoms with Crippen molar-refractivity contribution in [1.82, 2.24) is 0 Å². The molecule has 2 aromatic rings. The Bertz CT molecular complexity index is 456. The molecule has 2 rings (SSSR count). The Morgan fingerprint density at radius 3 is 2.60 bits per heavy atom. The summed E-state index contributed by atoms with van der Waals surface area (Å²) in [6.07, 6.45) is 0.501. The number of hydrogen-bond acceptors (Lipinski definition) is 2. The third-order valence-electron chi connectivity index (χ3n) is 2.21. The van der Waals surface area contributed by atoms with Crippen LogP contribution < -0.4 is 0 Å². The number of carbonyl (C=O) groups is 1. The molecule has 1 aromatic heterocycles. The van der Waals surface area contributed by atoms with Crippen molar-refractivity contribution in [3.8, 4) is 0 Å². The highest BCUT2D eigenvalue weighted by Crippen LogP contribution is 2.16. The molecule has 0 unspecified atom stereocenters. The molecule has 0 radical (unpaired) electrons. The van der Waals surface area contributed by atoms with Gasteiger partial charge in [-0.1, -0.05) is 30.3 Å². The minimum atomic E-state index is 0.208. The molecule has 1 heterocycles. The number of carbonyl (C=O) groups excluding carboxylic acids is 1. The first-order chi connectivity index (χ1) is 7.25. The van der Waals surface area contributed by atoms with Crippen molar-refractivity contribution < 1.29 is 4.79 Å². The van der Waals surface area contributed by atoms with Crippen molar-refractivity contribution >= 4 is 17.1 Å². The maximum atomic E-state index is 11.8. The molecule has 0 N–H and O–H groups in total. The van der Waals surface area contributed by atoms with Crippen LogP contribution in [0.25, 0.3) is 0 Å². The lowest BCUT2D eigenvalue weighted by atomic mass is 10.1. The monoisotopic (exact) mass is 216 g/mol. The van der Waals surface area contributed by atoms with Crippen molar-refractivity contribution in [3.63, 3.8) is 0 Å². The molecule has 0 bridgehead atoms. The average molecular weight is 216 g/mol. The van der Waals surface area contributed by atoms with E-state index in [1.165, 1.54) is 11.3 Å². The highest BCUT2D eigenvalue weighted by atomic mass is 32.1. The van der Waals surface area contributed by atoms with Crippen LogP contribution in [0.15, 0.2) is 41.8 Å². The molecule has 2 heteroatoms. The molecule has 1 nitrogen and oxygen atoms in total. The van der Waals surface area contributed by atoms with Gasteiger partial charge in [0.1, 0.15) is 0 Å². The summed E-state index contributed by atoms with van der Waals surface area (Å²) in [6, 6.07) is 11.8. The lowest BCUT2D eigenvalue weighted by Crippen LogP contribution is -2.00. The van der Waals surface area contributed by atoms with Gasteiger partial charge in [-0.15, -0.1) is 11.3 Å². The van der Waals surface area contributed by atoms with Gasteiger partial charge in [0.2, 0.25) is 0 Å². The zero-order valence-electron chi connectivity index (χ0n) is 8.57. The van der Waals surface area contributed by atoms with Gasteiger partial charge < -0.3 is 0 Å². The van der Waals surface area contributed by atoms with Crippen LogP contribution in [0.2, 0.25) is 0 Å². The molecule has 0 fully saturated rings. The second-order valence-electron chi connectivity index (χ2n) is 3.57. The van der Waals surface area contributed by atoms with E-state index < -0.39 is 0 Å². The van der Waals surface area contributed by atoms with Crippen molar-refractivity contribution in [3.05, 3.63) is 57.8 Å². The molecule has 0 atom stereocenters. The highest BCUT2D eigenvalue weighted by molar-refractivity contribution is 7.12. The van der Waals surface area contributed by atoms with Crippen molar-refractivity contribution in [1.29, 1.82) is 0 Å². The van der Waals surface area contributed by atoms with Gasteiger partial charge in [0.15, 0.2) is 5.78 Å². The van der Waals surface area contributed by atoms with E-state index in [9.17, 15) is 4.79 Å². The van der Waals surface area contributed by atoms with Crippen LogP contribution in [0.4, 0.5) is 0 Å². The third kappa shape index (κ3) is 2.54. The standard InChI is InChI=1S/C13H12OS/c1-10-7-13(15-9-10)12(14)8-11-5-3-2-4-6-11/h2-7,9H,8H2,1H3. The van der Waals surface area contributed by atoms with E-state index >= 15 is 0 Å². The molecular formula is C13H12OS. The minimum Gasteiger partial charge on any atom is -0.293 e. The smallest absolute Gasteiger partial charge is 0.177 e. The van der Waals surface area contributed by atoms with Crippen LogP contribution in [0.5, 0.6) is 0 Å². The lowest BCUT2D eigenvalue weighted by molar-refractivity contribution is 0.0997. The first-order valence-corrected chi connectivity index (χ1v) is 5.76. The van der Waals surface area contributed by atoms with Gasteiger partial charge in [-0.25, -0.2) is 0 Å². The van der Waals surface area contributed by atoms with Crippen LogP contribution in [-0.4, -0.2) is 5.78 Å². The summed E-state index contributed by atoms with van der Waals surface area (Å²) in [5, 5.41) is 2.01. The van der Waals surface area contributed by atoms with Gasteiger partial charge in [-0.3, -0.25) is 4.79 Å². The molecule has 0 spiro atoms. The predicted molar refractivity (Wildman–Crippen MR) is 63.5 cm³/mol. The maximum Gasteiger partial charge on any atom is 0.177 e. The van der Waals surface area contributed by atoms with Crippen molar-refractivity contribution in [2.75, 3.05) is 0 Å². The Morgan fingerprint density at radius 1 is 1.27 bits per heavy atom. The number of ketones is 1. The van der Waals surface area contributed by atoms with E-state index in [0.29, 0.717) is 6.42 Å². The van der Waals surface area contributed by atoms with Gasteiger partial charge in [0.05, 0.1) is 4.88 Å². The van der Waals surface area contributed by atoms with Crippen LogP contribution in [0.1, 0.15) is 20.8 Å². The van der Waals surface area contributed by atoms with E-state index in [-0.39, 0.29) is 5.78 Å². The topological polar surface area (TPSA) is 17.1 Å². The molecule has 0 aliphatic rings. The summed E-state index contributed by atoms with van der Waals surface area (Å²) in [4.78, 5) is 12.7. The largest absolute Gasteiger partial charge is 0.293 e. The molecule has 76 valence electrons. The van der Waals surface area contributed by atoms with Gasteiger partial charge in [0, 0.05) is 6.42 Å². The first-order valence-electron chi connectivity index (χ1n) is 4.88. The second kappa shape index (κ2) is 4.41. The Hall–Kier alpha value is -1.41. The Balaban J connectivity index is 2.11. The fourth-order valence-corrected chi connectivity index (χ4v) is 2.28. The average Bonchev–Trinajstić information content (AvgIpc) is 2.66. The van der Waals surface area contributed by atoms with Crippen LogP contribution in [0, 0.1) is 6.92 Å². The fourth-order valence-electron chi connectivity index (χ4n) is 1.45. The van der Waals surface area contributed by atoms with Gasteiger partial charge in [-0.2, -0.15) is 0 Å². The number of Topliss-reactive ketones (excluding diaryl/α,β-unsaturated/α-hetero) is 1. The summed E-state index contributed by atoms with van der Waals surface area (Å²) in [5.41, 5.74) is 2.24. The fraction of sp³-hybridized carbons (Fsp3) is 0.154. The first kappa shape index (κ1) is 10.1. The molecule has 1 aromatic carbocycles. The summed E-state index contributed by atoms with van der Waals surface area (Å²) < 4.78 is 0. The summed E-state index contributed by atoms with van der Waals surface area (Å²) in [7, 11) is 0. The van der Waals surface area contributed by atoms with Gasteiger partial charge in [-0.05, 0) is 29.5 Å². The minimum absolute atomic E-state index is 0.208. The van der Waals surface area contributed by atoms with E-state index in [2.05, 4.69) is 0 Å². The summed E-state index contributed by atoms with van der Waals surface area (Å²) in [6.45, 7) is 2.01. The van der Waals surface area contributed by atoms with Gasteiger partial charge >= 0.3 is 0 Å². The highest BCUT2D eigenvalue weighted by Gasteiger charge is 2.08.